The van der Waals surface area contributed by atoms with Crippen LogP contribution in [0.3, 0.4) is 0 Å². The third-order valence-corrected chi connectivity index (χ3v) is 11.1. The largest absolute Gasteiger partial charge is 0.0670 e. The van der Waals surface area contributed by atoms with Gasteiger partial charge in [-0.25, -0.2) is 0 Å². The summed E-state index contributed by atoms with van der Waals surface area (Å²) < 4.78 is 0. The Balaban J connectivity index is 1.42. The van der Waals surface area contributed by atoms with Crippen molar-refractivity contribution in [1.29, 1.82) is 0 Å². The molecule has 0 radical (unpaired) electrons. The molecular weight excluding hydrogens is 336 g/mol. The van der Waals surface area contributed by atoms with E-state index in [1.165, 1.54) is 32.1 Å². The van der Waals surface area contributed by atoms with Crippen LogP contribution in [0.5, 0.6) is 0 Å². The zero-order chi connectivity index (χ0) is 18.8. The molecule has 0 aromatic rings. The maximum Gasteiger partial charge on any atom is -0.0138 e. The average molecular weight is 381 g/mol. The molecule has 0 amide bonds. The third-order valence-electron chi connectivity index (χ3n) is 11.1. The van der Waals surface area contributed by atoms with Crippen molar-refractivity contribution in [2.24, 2.45) is 59.2 Å². The Hall–Kier alpha value is -0.260. The second-order valence-electron chi connectivity index (χ2n) is 12.5. The molecule has 0 aromatic heterocycles. The summed E-state index contributed by atoms with van der Waals surface area (Å²) >= 11 is 0. The van der Waals surface area contributed by atoms with Crippen LogP contribution in [0.2, 0.25) is 0 Å². The highest BCUT2D eigenvalue weighted by molar-refractivity contribution is 5.33. The lowest BCUT2D eigenvalue weighted by Gasteiger charge is -2.59. The highest BCUT2D eigenvalue weighted by Gasteiger charge is 2.53. The van der Waals surface area contributed by atoms with Crippen LogP contribution in [0.1, 0.15) is 104 Å². The van der Waals surface area contributed by atoms with E-state index < -0.39 is 0 Å². The molecular formula is C28H44. The van der Waals surface area contributed by atoms with E-state index in [1.807, 2.05) is 0 Å². The smallest absolute Gasteiger partial charge is 0.0138 e. The van der Waals surface area contributed by atoms with Crippen molar-refractivity contribution in [3.63, 3.8) is 0 Å². The molecule has 0 aromatic carbocycles. The van der Waals surface area contributed by atoms with E-state index in [4.69, 9.17) is 0 Å². The Morgan fingerprint density at radius 1 is 0.571 bits per heavy atom. The molecule has 6 aliphatic rings. The van der Waals surface area contributed by atoms with Crippen molar-refractivity contribution in [3.05, 3.63) is 11.1 Å². The predicted octanol–water partition coefficient (Wildman–Crippen LogP) is 8.03. The summed E-state index contributed by atoms with van der Waals surface area (Å²) in [5.74, 6) is 10.5. The topological polar surface area (TPSA) is 0 Å². The van der Waals surface area contributed by atoms with Gasteiger partial charge in [0.2, 0.25) is 0 Å². The summed E-state index contributed by atoms with van der Waals surface area (Å²) in [6.07, 6.45) is 21.8. The van der Waals surface area contributed by atoms with E-state index in [2.05, 4.69) is 25.0 Å². The first-order chi connectivity index (χ1) is 13.7. The van der Waals surface area contributed by atoms with Gasteiger partial charge in [-0.1, -0.05) is 50.7 Å². The first-order valence-electron chi connectivity index (χ1n) is 13.4. The van der Waals surface area contributed by atoms with Crippen molar-refractivity contribution >= 4 is 0 Å². The molecule has 0 saturated heterocycles. The highest BCUT2D eigenvalue weighted by atomic mass is 14.6. The Bertz CT molecular complexity index is 628. The second kappa shape index (κ2) is 7.16. The van der Waals surface area contributed by atoms with Gasteiger partial charge in [0.25, 0.3) is 0 Å². The molecule has 10 atom stereocenters. The van der Waals surface area contributed by atoms with Gasteiger partial charge in [-0.2, -0.15) is 0 Å². The minimum absolute atomic E-state index is 0.987. The summed E-state index contributed by atoms with van der Waals surface area (Å²) in [5.41, 5.74) is 4.26. The Labute approximate surface area is 174 Å². The summed E-state index contributed by atoms with van der Waals surface area (Å²) in [4.78, 5) is 0. The molecule has 28 heavy (non-hydrogen) atoms. The monoisotopic (exact) mass is 380 g/mol. The molecule has 6 rings (SSSR count). The van der Waals surface area contributed by atoms with E-state index in [0.717, 1.165) is 59.2 Å². The molecule has 156 valence electrons. The van der Waals surface area contributed by atoms with E-state index in [9.17, 15) is 0 Å². The van der Waals surface area contributed by atoms with E-state index in [0.29, 0.717) is 0 Å². The molecule has 0 N–H and O–H groups in total. The second-order valence-corrected chi connectivity index (χ2v) is 12.5. The van der Waals surface area contributed by atoms with Crippen molar-refractivity contribution in [1.82, 2.24) is 0 Å². The van der Waals surface area contributed by atoms with Gasteiger partial charge < -0.3 is 0 Å². The highest BCUT2D eigenvalue weighted by Crippen LogP contribution is 2.63. The zero-order valence-corrected chi connectivity index (χ0v) is 18.7. The molecule has 0 aliphatic heterocycles. The van der Waals surface area contributed by atoms with Crippen molar-refractivity contribution in [3.8, 4) is 0 Å². The summed E-state index contributed by atoms with van der Waals surface area (Å²) in [6, 6.07) is 0. The van der Waals surface area contributed by atoms with Gasteiger partial charge in [0.15, 0.2) is 0 Å². The maximum atomic E-state index is 2.58. The van der Waals surface area contributed by atoms with Crippen LogP contribution < -0.4 is 0 Å². The number of rotatable bonds is 0. The van der Waals surface area contributed by atoms with Crippen molar-refractivity contribution in [2.45, 2.75) is 104 Å². The quantitative estimate of drug-likeness (QED) is 0.373. The van der Waals surface area contributed by atoms with Crippen LogP contribution in [0.15, 0.2) is 11.1 Å². The van der Waals surface area contributed by atoms with Crippen LogP contribution in [0.4, 0.5) is 0 Å². The van der Waals surface area contributed by atoms with Gasteiger partial charge in [-0.15, -0.1) is 0 Å². The zero-order valence-electron chi connectivity index (χ0n) is 18.7. The van der Waals surface area contributed by atoms with Crippen molar-refractivity contribution in [2.75, 3.05) is 0 Å². The normalized spacial score (nSPS) is 53.4. The fraction of sp³-hybridized carbons (Fsp3) is 0.929. The number of hydrogen-bond donors (Lipinski definition) is 0. The van der Waals surface area contributed by atoms with Crippen LogP contribution >= 0.6 is 0 Å². The van der Waals surface area contributed by atoms with Crippen molar-refractivity contribution < 1.29 is 0 Å². The van der Waals surface area contributed by atoms with Gasteiger partial charge in [-0.05, 0) is 123 Å². The third kappa shape index (κ3) is 2.82. The molecule has 10 unspecified atom stereocenters. The summed E-state index contributed by atoms with van der Waals surface area (Å²) in [6.45, 7) is 5.12. The standard InChI is InChI=1S/C28H44/c1-17-7-12-21-20(15-17)10-9-19-11-14-25-23-6-4-3-5-22(23)24-13-8-18(2)16-26(24)28(25)27(19)21/h17-24,26-27H,3-16H2,1-2H3. The van der Waals surface area contributed by atoms with Gasteiger partial charge in [-0.3, -0.25) is 0 Å². The average Bonchev–Trinajstić information content (AvgIpc) is 2.72. The predicted molar refractivity (Wildman–Crippen MR) is 118 cm³/mol. The molecule has 0 nitrogen and oxygen atoms in total. The fourth-order valence-electron chi connectivity index (χ4n) is 10.1. The molecule has 6 aliphatic carbocycles. The minimum atomic E-state index is 0.987. The summed E-state index contributed by atoms with van der Waals surface area (Å²) in [7, 11) is 0. The van der Waals surface area contributed by atoms with Gasteiger partial charge >= 0.3 is 0 Å². The molecule has 0 bridgehead atoms. The molecule has 4 fully saturated rings. The lowest BCUT2D eigenvalue weighted by atomic mass is 9.46. The van der Waals surface area contributed by atoms with Gasteiger partial charge in [0, 0.05) is 0 Å². The minimum Gasteiger partial charge on any atom is -0.0670 e. The van der Waals surface area contributed by atoms with E-state index in [1.54, 1.807) is 57.8 Å². The molecule has 4 saturated carbocycles. The molecule has 0 spiro atoms. The molecule has 0 heterocycles. The van der Waals surface area contributed by atoms with Crippen LogP contribution in [0.25, 0.3) is 0 Å². The van der Waals surface area contributed by atoms with Gasteiger partial charge in [0.05, 0.1) is 0 Å². The van der Waals surface area contributed by atoms with Crippen LogP contribution in [0, 0.1) is 59.2 Å². The van der Waals surface area contributed by atoms with Crippen LogP contribution in [-0.2, 0) is 0 Å². The lowest BCUT2D eigenvalue weighted by Crippen LogP contribution is -2.49. The summed E-state index contributed by atoms with van der Waals surface area (Å²) in [5, 5.41) is 0. The number of fused-ring (bicyclic) bond motifs is 9. The lowest BCUT2D eigenvalue weighted by molar-refractivity contribution is 0.00518. The Kier molecular flexibility index (Phi) is 4.73. The molecule has 0 heteroatoms. The van der Waals surface area contributed by atoms with Crippen LogP contribution in [-0.4, -0.2) is 0 Å². The number of hydrogen-bond acceptors (Lipinski definition) is 0. The fourth-order valence-corrected chi connectivity index (χ4v) is 10.1. The maximum absolute atomic E-state index is 2.58. The van der Waals surface area contributed by atoms with E-state index >= 15 is 0 Å². The Morgan fingerprint density at radius 2 is 1.29 bits per heavy atom. The first kappa shape index (κ1) is 18.5. The van der Waals surface area contributed by atoms with E-state index in [-0.39, 0.29) is 0 Å². The SMILES string of the molecule is CC1CCC2C(CCC3CCC4=C(C5CC(C)CCC5C5CCCCC45)C32)C1. The Morgan fingerprint density at radius 3 is 2.18 bits per heavy atom. The first-order valence-corrected chi connectivity index (χ1v) is 13.4. The number of allylic oxidation sites excluding steroid dienone is 2. The van der Waals surface area contributed by atoms with Gasteiger partial charge in [0.1, 0.15) is 0 Å².